The van der Waals surface area contributed by atoms with Crippen LogP contribution in [0, 0.1) is 5.92 Å². The predicted octanol–water partition coefficient (Wildman–Crippen LogP) is 2.60. The molecule has 1 aromatic rings. The predicted molar refractivity (Wildman–Crippen MR) is 63.8 cm³/mol. The van der Waals surface area contributed by atoms with Crippen LogP contribution in [0.3, 0.4) is 0 Å². The average molecular weight is 209 g/mol. The number of rotatable bonds is 6. The van der Waals surface area contributed by atoms with Gasteiger partial charge in [-0.05, 0) is 25.8 Å². The Kier molecular flexibility index (Phi) is 4.82. The summed E-state index contributed by atoms with van der Waals surface area (Å²) in [5.74, 6) is 0.731. The molecule has 0 spiro atoms. The lowest BCUT2D eigenvalue weighted by Crippen LogP contribution is -2.17. The van der Waals surface area contributed by atoms with E-state index in [4.69, 9.17) is 0 Å². The van der Waals surface area contributed by atoms with E-state index in [9.17, 15) is 0 Å². The van der Waals surface area contributed by atoms with Gasteiger partial charge in [0, 0.05) is 18.8 Å². The number of hydrogen-bond donors (Lipinski definition) is 1. The van der Waals surface area contributed by atoms with Gasteiger partial charge in [0.1, 0.15) is 0 Å². The molecule has 0 aliphatic heterocycles. The van der Waals surface area contributed by atoms with E-state index >= 15 is 0 Å². The third-order valence-corrected chi connectivity index (χ3v) is 2.59. The van der Waals surface area contributed by atoms with Gasteiger partial charge >= 0.3 is 0 Å². The largest absolute Gasteiger partial charge is 0.331 e. The van der Waals surface area contributed by atoms with Crippen molar-refractivity contribution in [3.05, 3.63) is 18.2 Å². The highest BCUT2D eigenvalue weighted by atomic mass is 15.1. The summed E-state index contributed by atoms with van der Waals surface area (Å²) in [5.41, 5.74) is 1.28. The molecule has 0 amide bonds. The van der Waals surface area contributed by atoms with E-state index in [0.29, 0.717) is 6.04 Å². The molecule has 0 saturated heterocycles. The maximum absolute atomic E-state index is 4.23. The highest BCUT2D eigenvalue weighted by Gasteiger charge is 2.10. The van der Waals surface area contributed by atoms with Crippen LogP contribution in [0.15, 0.2) is 12.5 Å². The summed E-state index contributed by atoms with van der Waals surface area (Å²) in [6, 6.07) is 0.543. The maximum Gasteiger partial charge on any atom is 0.0951 e. The van der Waals surface area contributed by atoms with Crippen molar-refractivity contribution in [2.24, 2.45) is 5.92 Å². The van der Waals surface area contributed by atoms with Gasteiger partial charge in [0.2, 0.25) is 0 Å². The van der Waals surface area contributed by atoms with Crippen LogP contribution in [-0.4, -0.2) is 16.1 Å². The summed E-state index contributed by atoms with van der Waals surface area (Å²) in [7, 11) is 0. The van der Waals surface area contributed by atoms with Gasteiger partial charge in [0.05, 0.1) is 12.0 Å². The molecular weight excluding hydrogens is 186 g/mol. The molecule has 3 nitrogen and oxygen atoms in total. The van der Waals surface area contributed by atoms with Crippen LogP contribution in [0.4, 0.5) is 0 Å². The van der Waals surface area contributed by atoms with Crippen LogP contribution in [0.5, 0.6) is 0 Å². The van der Waals surface area contributed by atoms with Gasteiger partial charge in [-0.1, -0.05) is 20.8 Å². The molecule has 1 rings (SSSR count). The van der Waals surface area contributed by atoms with E-state index in [0.717, 1.165) is 19.0 Å². The normalized spacial score (nSPS) is 13.4. The molecular formula is C12H23N3. The summed E-state index contributed by atoms with van der Waals surface area (Å²) in [6.45, 7) is 10.8. The van der Waals surface area contributed by atoms with Gasteiger partial charge < -0.3 is 9.88 Å². The Hall–Kier alpha value is -0.830. The van der Waals surface area contributed by atoms with Crippen LogP contribution < -0.4 is 5.32 Å². The fourth-order valence-corrected chi connectivity index (χ4v) is 1.91. The molecule has 0 aliphatic rings. The molecule has 0 bridgehead atoms. The van der Waals surface area contributed by atoms with Crippen molar-refractivity contribution >= 4 is 0 Å². The molecule has 0 aromatic carbocycles. The maximum atomic E-state index is 4.23. The van der Waals surface area contributed by atoms with Crippen LogP contribution >= 0.6 is 0 Å². The van der Waals surface area contributed by atoms with E-state index < -0.39 is 0 Å². The van der Waals surface area contributed by atoms with Crippen LogP contribution in [0.1, 0.15) is 45.9 Å². The Morgan fingerprint density at radius 1 is 1.40 bits per heavy atom. The minimum Gasteiger partial charge on any atom is -0.331 e. The number of nitrogens with zero attached hydrogens (tertiary/aromatic N) is 2. The van der Waals surface area contributed by atoms with Gasteiger partial charge in [0.25, 0.3) is 0 Å². The molecule has 0 fully saturated rings. The second-order valence-electron chi connectivity index (χ2n) is 4.55. The first-order valence-electron chi connectivity index (χ1n) is 5.86. The number of imidazole rings is 1. The van der Waals surface area contributed by atoms with Crippen LogP contribution in [0.25, 0.3) is 0 Å². The van der Waals surface area contributed by atoms with Gasteiger partial charge in [-0.15, -0.1) is 0 Å². The van der Waals surface area contributed by atoms with E-state index in [2.05, 4.69) is 42.6 Å². The fraction of sp³-hybridized carbons (Fsp3) is 0.750. The van der Waals surface area contributed by atoms with Crippen molar-refractivity contribution in [1.29, 1.82) is 0 Å². The van der Waals surface area contributed by atoms with E-state index in [-0.39, 0.29) is 0 Å². The van der Waals surface area contributed by atoms with Crippen LogP contribution in [0.2, 0.25) is 0 Å². The van der Waals surface area contributed by atoms with Gasteiger partial charge in [0.15, 0.2) is 0 Å². The Bertz CT molecular complexity index is 278. The first kappa shape index (κ1) is 12.2. The molecule has 1 unspecified atom stereocenters. The molecule has 0 aliphatic carbocycles. The molecule has 0 radical (unpaired) electrons. The van der Waals surface area contributed by atoms with Crippen molar-refractivity contribution in [3.8, 4) is 0 Å². The molecule has 0 saturated carbocycles. The Morgan fingerprint density at radius 2 is 2.13 bits per heavy atom. The first-order valence-corrected chi connectivity index (χ1v) is 5.86. The zero-order valence-electron chi connectivity index (χ0n) is 10.3. The van der Waals surface area contributed by atoms with E-state index in [1.54, 1.807) is 0 Å². The molecule has 86 valence electrons. The summed E-state index contributed by atoms with van der Waals surface area (Å²) >= 11 is 0. The first-order chi connectivity index (χ1) is 7.15. The Balaban J connectivity index is 2.62. The van der Waals surface area contributed by atoms with Crippen molar-refractivity contribution in [3.63, 3.8) is 0 Å². The lowest BCUT2D eigenvalue weighted by molar-refractivity contribution is 0.416. The summed E-state index contributed by atoms with van der Waals surface area (Å²) in [5, 5.41) is 3.34. The minimum absolute atomic E-state index is 0.543. The molecule has 1 atom stereocenters. The van der Waals surface area contributed by atoms with Crippen molar-refractivity contribution in [2.45, 2.75) is 46.7 Å². The number of hydrogen-bond acceptors (Lipinski definition) is 2. The average Bonchev–Trinajstić information content (AvgIpc) is 2.61. The van der Waals surface area contributed by atoms with Gasteiger partial charge in [-0.25, -0.2) is 4.98 Å². The highest BCUT2D eigenvalue weighted by Crippen LogP contribution is 2.18. The van der Waals surface area contributed by atoms with Gasteiger partial charge in [-0.2, -0.15) is 0 Å². The van der Waals surface area contributed by atoms with E-state index in [1.807, 2.05) is 12.5 Å². The lowest BCUT2D eigenvalue weighted by Gasteiger charge is -2.18. The third-order valence-electron chi connectivity index (χ3n) is 2.59. The second-order valence-corrected chi connectivity index (χ2v) is 4.55. The quantitative estimate of drug-likeness (QED) is 0.780. The molecule has 1 N–H and O–H groups in total. The van der Waals surface area contributed by atoms with Crippen molar-refractivity contribution in [2.75, 3.05) is 6.54 Å². The third kappa shape index (κ3) is 3.67. The van der Waals surface area contributed by atoms with Crippen molar-refractivity contribution < 1.29 is 0 Å². The summed E-state index contributed by atoms with van der Waals surface area (Å²) in [4.78, 5) is 4.23. The van der Waals surface area contributed by atoms with Crippen LogP contribution in [-0.2, 0) is 6.54 Å². The zero-order chi connectivity index (χ0) is 11.3. The molecule has 1 heterocycles. The Labute approximate surface area is 92.9 Å². The monoisotopic (exact) mass is 209 g/mol. The topological polar surface area (TPSA) is 29.9 Å². The fourth-order valence-electron chi connectivity index (χ4n) is 1.91. The minimum atomic E-state index is 0.543. The second kappa shape index (κ2) is 5.91. The summed E-state index contributed by atoms with van der Waals surface area (Å²) in [6.07, 6.45) is 5.11. The molecule has 15 heavy (non-hydrogen) atoms. The number of aromatic nitrogens is 2. The highest BCUT2D eigenvalue weighted by molar-refractivity contribution is 4.99. The smallest absolute Gasteiger partial charge is 0.0951 e. The molecule has 3 heteroatoms. The molecule has 1 aromatic heterocycles. The Morgan fingerprint density at radius 3 is 2.73 bits per heavy atom. The zero-order valence-corrected chi connectivity index (χ0v) is 10.3. The van der Waals surface area contributed by atoms with E-state index in [1.165, 1.54) is 12.1 Å². The lowest BCUT2D eigenvalue weighted by atomic mass is 10.1. The van der Waals surface area contributed by atoms with Crippen molar-refractivity contribution in [1.82, 2.24) is 14.9 Å². The standard InChI is InChI=1S/C12H23N3/c1-5-13-7-12-8-14-9-15(12)11(4)6-10(2)3/h8-11,13H,5-7H2,1-4H3. The number of nitrogens with one attached hydrogen (secondary N) is 1. The van der Waals surface area contributed by atoms with Gasteiger partial charge in [-0.3, -0.25) is 0 Å². The SMILES string of the molecule is CCNCc1cncn1C(C)CC(C)C. The summed E-state index contributed by atoms with van der Waals surface area (Å²) < 4.78 is 2.28.